The van der Waals surface area contributed by atoms with Gasteiger partial charge in [0.25, 0.3) is 0 Å². The Morgan fingerprint density at radius 1 is 0.537 bits per heavy atom. The maximum atomic E-state index is 6.47. The maximum absolute atomic E-state index is 6.47. The minimum atomic E-state index is 0.118. The van der Waals surface area contributed by atoms with Crippen molar-refractivity contribution >= 4 is 33.3 Å². The van der Waals surface area contributed by atoms with Gasteiger partial charge in [0, 0.05) is 33.4 Å². The Hall–Kier alpha value is -6.65. The molecule has 0 aliphatic rings. The molecule has 2 N–H and O–H groups in total. The molecule has 0 radical (unpaired) electrons. The van der Waals surface area contributed by atoms with E-state index in [0.29, 0.717) is 11.8 Å². The number of aromatic nitrogens is 2. The number of pyridine rings is 2. The van der Waals surface area contributed by atoms with Crippen LogP contribution in [0.5, 0.6) is 0 Å². The average molecular weight is 699 g/mol. The minimum Gasteiger partial charge on any atom is -0.383 e. The van der Waals surface area contributed by atoms with Crippen molar-refractivity contribution in [3.8, 4) is 33.6 Å². The molecule has 1 atom stereocenters. The van der Waals surface area contributed by atoms with Gasteiger partial charge in [0.2, 0.25) is 0 Å². The van der Waals surface area contributed by atoms with Gasteiger partial charge in [-0.3, -0.25) is 0 Å². The molecule has 0 amide bonds. The highest BCUT2D eigenvalue weighted by Crippen LogP contribution is 2.35. The number of nitrogens with zero attached hydrogens (tertiary/aromatic N) is 3. The van der Waals surface area contributed by atoms with Gasteiger partial charge in [0.1, 0.15) is 5.84 Å². The first kappa shape index (κ1) is 34.4. The third kappa shape index (κ3) is 7.19. The third-order valence-corrected chi connectivity index (χ3v) is 10.1. The first-order chi connectivity index (χ1) is 26.4. The zero-order chi connectivity index (χ0) is 37.0. The molecule has 0 aliphatic carbocycles. The van der Waals surface area contributed by atoms with Crippen LogP contribution in [0.4, 0.5) is 0 Å². The van der Waals surface area contributed by atoms with Gasteiger partial charge in [-0.1, -0.05) is 185 Å². The van der Waals surface area contributed by atoms with Gasteiger partial charge in [0.15, 0.2) is 0 Å². The highest BCUT2D eigenvalue weighted by atomic mass is 14.9. The van der Waals surface area contributed by atoms with Crippen molar-refractivity contribution in [2.24, 2.45) is 10.7 Å². The highest BCUT2D eigenvalue weighted by Gasteiger charge is 2.15. The molecule has 0 saturated heterocycles. The van der Waals surface area contributed by atoms with Crippen LogP contribution >= 0.6 is 0 Å². The normalized spacial score (nSPS) is 12.7. The van der Waals surface area contributed by atoms with Gasteiger partial charge in [-0.15, -0.1) is 0 Å². The summed E-state index contributed by atoms with van der Waals surface area (Å²) in [6, 6.07) is 58.9. The smallest absolute Gasteiger partial charge is 0.131 e. The summed E-state index contributed by atoms with van der Waals surface area (Å²) in [6.07, 6.45) is 2.19. The van der Waals surface area contributed by atoms with Crippen LogP contribution in [-0.2, 0) is 0 Å². The fourth-order valence-electron chi connectivity index (χ4n) is 7.05. The second kappa shape index (κ2) is 15.1. The molecular weight excluding hydrogens is 657 g/mol. The summed E-state index contributed by atoms with van der Waals surface area (Å²) >= 11 is 0. The van der Waals surface area contributed by atoms with Crippen LogP contribution in [-0.4, -0.2) is 15.8 Å². The third-order valence-electron chi connectivity index (χ3n) is 10.1. The molecule has 0 spiro atoms. The van der Waals surface area contributed by atoms with Crippen molar-refractivity contribution in [1.82, 2.24) is 9.97 Å². The van der Waals surface area contributed by atoms with E-state index in [0.717, 1.165) is 72.3 Å². The van der Waals surface area contributed by atoms with Crippen molar-refractivity contribution in [3.05, 3.63) is 198 Å². The standard InChI is InChI=1S/C50H42N4/c1-33(2)44-32-47(53-49-43(44)29-27-41-28-30-45(52-48(41)49)38-13-7-4-8-14-38)40-25-23-37(24-26-40)36-21-19-35(20-22-36)34(3)31-46(39-15-9-5-10-16-39)54-50(51)42-17-11-6-12-18-42/h4-34H,1-3H3,(H2,51,54)/b46-31-. The summed E-state index contributed by atoms with van der Waals surface area (Å²) in [5.41, 5.74) is 20.0. The maximum Gasteiger partial charge on any atom is 0.131 e. The summed E-state index contributed by atoms with van der Waals surface area (Å²) in [4.78, 5) is 15.3. The van der Waals surface area contributed by atoms with Crippen LogP contribution in [0.2, 0.25) is 0 Å². The Morgan fingerprint density at radius 3 is 1.72 bits per heavy atom. The lowest BCUT2D eigenvalue weighted by molar-refractivity contribution is 0.875. The lowest BCUT2D eigenvalue weighted by atomic mass is 9.94. The molecule has 0 bridgehead atoms. The molecule has 0 fully saturated rings. The van der Waals surface area contributed by atoms with E-state index in [2.05, 4.69) is 142 Å². The van der Waals surface area contributed by atoms with Gasteiger partial charge >= 0.3 is 0 Å². The summed E-state index contributed by atoms with van der Waals surface area (Å²) < 4.78 is 0. The number of benzene rings is 6. The first-order valence-electron chi connectivity index (χ1n) is 18.6. The average Bonchev–Trinajstić information content (AvgIpc) is 3.23. The molecule has 8 rings (SSSR count). The molecule has 2 heterocycles. The molecule has 0 saturated carbocycles. The SMILES string of the molecule is CC(C)c1cc(-c2ccc(-c3ccc(C(C)/C=C(\N=C(N)c4ccccc4)c4ccccc4)cc3)cc2)nc2c1ccc1ccc(-c3ccccc3)nc12. The summed E-state index contributed by atoms with van der Waals surface area (Å²) in [6.45, 7) is 6.69. The van der Waals surface area contributed by atoms with Crippen molar-refractivity contribution in [3.63, 3.8) is 0 Å². The van der Waals surface area contributed by atoms with Crippen molar-refractivity contribution in [1.29, 1.82) is 0 Å². The molecule has 8 aromatic rings. The fraction of sp³-hybridized carbons (Fsp3) is 0.100. The highest BCUT2D eigenvalue weighted by molar-refractivity contribution is 6.05. The van der Waals surface area contributed by atoms with E-state index in [4.69, 9.17) is 20.7 Å². The van der Waals surface area contributed by atoms with E-state index >= 15 is 0 Å². The lowest BCUT2D eigenvalue weighted by Gasteiger charge is -2.15. The molecule has 6 aromatic carbocycles. The van der Waals surface area contributed by atoms with Crippen LogP contribution in [0.25, 0.3) is 61.1 Å². The Kier molecular flexibility index (Phi) is 9.65. The van der Waals surface area contributed by atoms with Crippen LogP contribution in [0.3, 0.4) is 0 Å². The predicted molar refractivity (Wildman–Crippen MR) is 227 cm³/mol. The minimum absolute atomic E-state index is 0.118. The summed E-state index contributed by atoms with van der Waals surface area (Å²) in [5, 5.41) is 2.24. The van der Waals surface area contributed by atoms with E-state index in [1.54, 1.807) is 0 Å². The number of aliphatic imine (C=N–C) groups is 1. The number of nitrogens with two attached hydrogens (primary N) is 1. The number of hydrogen-bond donors (Lipinski definition) is 1. The zero-order valence-corrected chi connectivity index (χ0v) is 30.8. The lowest BCUT2D eigenvalue weighted by Crippen LogP contribution is -2.13. The number of fused-ring (bicyclic) bond motifs is 3. The van der Waals surface area contributed by atoms with Crippen LogP contribution in [0, 0.1) is 0 Å². The van der Waals surface area contributed by atoms with E-state index in [9.17, 15) is 0 Å². The Morgan fingerprint density at radius 2 is 1.07 bits per heavy atom. The number of rotatable bonds is 9. The summed E-state index contributed by atoms with van der Waals surface area (Å²) in [7, 11) is 0. The monoisotopic (exact) mass is 698 g/mol. The van der Waals surface area contributed by atoms with Crippen LogP contribution < -0.4 is 5.73 Å². The van der Waals surface area contributed by atoms with Crippen molar-refractivity contribution < 1.29 is 0 Å². The molecule has 2 aromatic heterocycles. The van der Waals surface area contributed by atoms with Crippen molar-refractivity contribution in [2.45, 2.75) is 32.6 Å². The predicted octanol–water partition coefficient (Wildman–Crippen LogP) is 12.5. The molecule has 0 aliphatic heterocycles. The van der Waals surface area contributed by atoms with Crippen LogP contribution in [0.15, 0.2) is 181 Å². The van der Waals surface area contributed by atoms with Gasteiger partial charge in [-0.2, -0.15) is 0 Å². The zero-order valence-electron chi connectivity index (χ0n) is 30.8. The Balaban J connectivity index is 1.09. The fourth-order valence-corrected chi connectivity index (χ4v) is 7.05. The van der Waals surface area contributed by atoms with Gasteiger partial charge in [-0.25, -0.2) is 15.0 Å². The van der Waals surface area contributed by atoms with Crippen LogP contribution in [0.1, 0.15) is 54.9 Å². The molecule has 262 valence electrons. The molecule has 54 heavy (non-hydrogen) atoms. The first-order valence-corrected chi connectivity index (χ1v) is 18.6. The van der Waals surface area contributed by atoms with E-state index in [-0.39, 0.29) is 5.92 Å². The number of allylic oxidation sites excluding steroid dienone is 1. The second-order valence-corrected chi connectivity index (χ2v) is 14.1. The number of amidine groups is 1. The molecule has 1 unspecified atom stereocenters. The topological polar surface area (TPSA) is 64.2 Å². The molecule has 4 nitrogen and oxygen atoms in total. The van der Waals surface area contributed by atoms with Gasteiger partial charge < -0.3 is 5.73 Å². The molecular formula is C50H42N4. The van der Waals surface area contributed by atoms with Gasteiger partial charge in [0.05, 0.1) is 28.1 Å². The molecule has 4 heteroatoms. The van der Waals surface area contributed by atoms with Crippen molar-refractivity contribution in [2.75, 3.05) is 0 Å². The largest absolute Gasteiger partial charge is 0.383 e. The number of hydrogen-bond acceptors (Lipinski definition) is 3. The Labute approximate surface area is 317 Å². The van der Waals surface area contributed by atoms with E-state index in [1.165, 1.54) is 11.1 Å². The Bertz CT molecular complexity index is 2610. The van der Waals surface area contributed by atoms with E-state index < -0.39 is 0 Å². The summed E-state index contributed by atoms with van der Waals surface area (Å²) in [5.74, 6) is 0.946. The van der Waals surface area contributed by atoms with E-state index in [1.807, 2.05) is 54.6 Å². The van der Waals surface area contributed by atoms with Gasteiger partial charge in [-0.05, 0) is 45.9 Å². The second-order valence-electron chi connectivity index (χ2n) is 14.1. The quantitative estimate of drug-likeness (QED) is 0.0927.